The van der Waals surface area contributed by atoms with Crippen molar-refractivity contribution < 1.29 is 4.74 Å². The van der Waals surface area contributed by atoms with Crippen molar-refractivity contribution in [2.24, 2.45) is 0 Å². The SMILES string of the molecule is Cc1cc(C#N)nc(Oc2cccc(N)c2Br)n1. The number of ether oxygens (including phenoxy) is 1. The Morgan fingerprint density at radius 1 is 1.39 bits per heavy atom. The van der Waals surface area contributed by atoms with E-state index in [-0.39, 0.29) is 11.7 Å². The second-order valence-corrected chi connectivity index (χ2v) is 4.34. The van der Waals surface area contributed by atoms with Gasteiger partial charge >= 0.3 is 6.01 Å². The summed E-state index contributed by atoms with van der Waals surface area (Å²) in [5.74, 6) is 0.504. The molecule has 0 spiro atoms. The van der Waals surface area contributed by atoms with Crippen LogP contribution in [0.1, 0.15) is 11.4 Å². The van der Waals surface area contributed by atoms with Gasteiger partial charge in [-0.1, -0.05) is 6.07 Å². The minimum Gasteiger partial charge on any atom is -0.423 e. The fourth-order valence-corrected chi connectivity index (χ4v) is 1.69. The number of hydrogen-bond donors (Lipinski definition) is 1. The van der Waals surface area contributed by atoms with E-state index >= 15 is 0 Å². The van der Waals surface area contributed by atoms with Crippen LogP contribution >= 0.6 is 15.9 Å². The molecule has 0 fully saturated rings. The van der Waals surface area contributed by atoms with Crippen LogP contribution in [0.5, 0.6) is 11.8 Å². The van der Waals surface area contributed by atoms with Gasteiger partial charge in [-0.05, 0) is 41.1 Å². The second-order valence-electron chi connectivity index (χ2n) is 3.55. The molecule has 0 radical (unpaired) electrons. The normalized spacial score (nSPS) is 9.83. The molecule has 0 bridgehead atoms. The summed E-state index contributed by atoms with van der Waals surface area (Å²) in [6, 6.07) is 8.90. The Morgan fingerprint density at radius 3 is 2.89 bits per heavy atom. The fourth-order valence-electron chi connectivity index (χ4n) is 1.35. The van der Waals surface area contributed by atoms with Crippen LogP contribution in [0.4, 0.5) is 5.69 Å². The van der Waals surface area contributed by atoms with Gasteiger partial charge in [0.15, 0.2) is 0 Å². The lowest BCUT2D eigenvalue weighted by Crippen LogP contribution is -1.97. The zero-order valence-corrected chi connectivity index (χ0v) is 11.1. The third-order valence-corrected chi connectivity index (χ3v) is 2.99. The number of nitrogens with zero attached hydrogens (tertiary/aromatic N) is 3. The van der Waals surface area contributed by atoms with Crippen molar-refractivity contribution >= 4 is 21.6 Å². The summed E-state index contributed by atoms with van der Waals surface area (Å²) >= 11 is 3.32. The highest BCUT2D eigenvalue weighted by molar-refractivity contribution is 9.10. The van der Waals surface area contributed by atoms with Crippen molar-refractivity contribution in [3.05, 3.63) is 40.1 Å². The molecule has 2 N–H and O–H groups in total. The molecule has 90 valence electrons. The zero-order valence-electron chi connectivity index (χ0n) is 9.51. The van der Waals surface area contributed by atoms with Crippen molar-refractivity contribution in [1.82, 2.24) is 9.97 Å². The molecular formula is C12H9BrN4O. The van der Waals surface area contributed by atoms with Crippen molar-refractivity contribution in [3.8, 4) is 17.8 Å². The maximum absolute atomic E-state index is 8.83. The Labute approximate surface area is 112 Å². The van der Waals surface area contributed by atoms with E-state index in [4.69, 9.17) is 15.7 Å². The Balaban J connectivity index is 2.37. The van der Waals surface area contributed by atoms with Gasteiger partial charge in [0, 0.05) is 11.4 Å². The number of aromatic nitrogens is 2. The lowest BCUT2D eigenvalue weighted by Gasteiger charge is -2.08. The third kappa shape index (κ3) is 2.57. The summed E-state index contributed by atoms with van der Waals surface area (Å²) in [7, 11) is 0. The van der Waals surface area contributed by atoms with Gasteiger partial charge in [-0.3, -0.25) is 0 Å². The smallest absolute Gasteiger partial charge is 0.323 e. The molecule has 0 aliphatic rings. The number of halogens is 1. The molecule has 5 nitrogen and oxygen atoms in total. The molecule has 0 saturated carbocycles. The topological polar surface area (TPSA) is 84.8 Å². The molecule has 0 amide bonds. The van der Waals surface area contributed by atoms with Crippen LogP contribution in [0.3, 0.4) is 0 Å². The van der Waals surface area contributed by atoms with E-state index in [1.807, 2.05) is 6.07 Å². The number of nitrogens with two attached hydrogens (primary N) is 1. The predicted molar refractivity (Wildman–Crippen MR) is 70.1 cm³/mol. The van der Waals surface area contributed by atoms with Crippen LogP contribution in [0.15, 0.2) is 28.7 Å². The van der Waals surface area contributed by atoms with E-state index in [0.29, 0.717) is 21.6 Å². The number of rotatable bonds is 2. The summed E-state index contributed by atoms with van der Waals surface area (Å²) in [6.07, 6.45) is 0. The average molecular weight is 305 g/mol. The first-order valence-corrected chi connectivity index (χ1v) is 5.87. The van der Waals surface area contributed by atoms with Gasteiger partial charge in [0.2, 0.25) is 0 Å². The maximum atomic E-state index is 8.83. The molecule has 0 unspecified atom stereocenters. The molecular weight excluding hydrogens is 296 g/mol. The first kappa shape index (κ1) is 12.3. The minimum atomic E-state index is 0.123. The standard InChI is InChI=1S/C12H9BrN4O/c1-7-5-8(6-14)17-12(16-7)18-10-4-2-3-9(15)11(10)13/h2-5H,15H2,1H3. The van der Waals surface area contributed by atoms with Crippen molar-refractivity contribution in [2.75, 3.05) is 5.73 Å². The van der Waals surface area contributed by atoms with Crippen molar-refractivity contribution in [2.45, 2.75) is 6.92 Å². The van der Waals surface area contributed by atoms with Crippen LogP contribution in [0, 0.1) is 18.3 Å². The number of hydrogen-bond acceptors (Lipinski definition) is 5. The monoisotopic (exact) mass is 304 g/mol. The van der Waals surface area contributed by atoms with Gasteiger partial charge in [-0.2, -0.15) is 10.2 Å². The number of aryl methyl sites for hydroxylation is 1. The molecule has 0 aliphatic carbocycles. The van der Waals surface area contributed by atoms with E-state index in [2.05, 4.69) is 25.9 Å². The highest BCUT2D eigenvalue weighted by Gasteiger charge is 2.08. The number of nitrogen functional groups attached to an aromatic ring is 1. The van der Waals surface area contributed by atoms with Gasteiger partial charge in [0.05, 0.1) is 4.47 Å². The molecule has 0 aliphatic heterocycles. The summed E-state index contributed by atoms with van der Waals surface area (Å²) in [5.41, 5.74) is 7.22. The highest BCUT2D eigenvalue weighted by Crippen LogP contribution is 2.32. The lowest BCUT2D eigenvalue weighted by atomic mass is 10.3. The Morgan fingerprint density at radius 2 is 2.17 bits per heavy atom. The number of anilines is 1. The first-order valence-electron chi connectivity index (χ1n) is 5.08. The highest BCUT2D eigenvalue weighted by atomic mass is 79.9. The molecule has 6 heteroatoms. The van der Waals surface area contributed by atoms with Crippen LogP contribution in [-0.4, -0.2) is 9.97 Å². The van der Waals surface area contributed by atoms with Crippen LogP contribution in [0.2, 0.25) is 0 Å². The summed E-state index contributed by atoms with van der Waals surface area (Å²) in [5, 5.41) is 8.83. The molecule has 2 aromatic rings. The maximum Gasteiger partial charge on any atom is 0.323 e. The third-order valence-electron chi connectivity index (χ3n) is 2.14. The van der Waals surface area contributed by atoms with E-state index in [1.165, 1.54) is 0 Å². The second kappa shape index (κ2) is 5.02. The molecule has 0 atom stereocenters. The molecule has 2 rings (SSSR count). The van der Waals surface area contributed by atoms with E-state index in [0.717, 1.165) is 0 Å². The fraction of sp³-hybridized carbons (Fsp3) is 0.0833. The van der Waals surface area contributed by atoms with E-state index < -0.39 is 0 Å². The van der Waals surface area contributed by atoms with E-state index in [9.17, 15) is 0 Å². The Hall–Kier alpha value is -2.13. The van der Waals surface area contributed by atoms with Crippen molar-refractivity contribution in [3.63, 3.8) is 0 Å². The lowest BCUT2D eigenvalue weighted by molar-refractivity contribution is 0.437. The quantitative estimate of drug-likeness (QED) is 0.862. The first-order chi connectivity index (χ1) is 8.60. The molecule has 1 heterocycles. The number of benzene rings is 1. The van der Waals surface area contributed by atoms with Gasteiger partial charge in [0.1, 0.15) is 17.5 Å². The molecule has 18 heavy (non-hydrogen) atoms. The van der Waals surface area contributed by atoms with Gasteiger partial charge < -0.3 is 10.5 Å². The summed E-state index contributed by atoms with van der Waals surface area (Å²) in [4.78, 5) is 8.06. The van der Waals surface area contributed by atoms with Gasteiger partial charge in [0.25, 0.3) is 0 Å². The Kier molecular flexibility index (Phi) is 3.44. The van der Waals surface area contributed by atoms with Crippen LogP contribution in [-0.2, 0) is 0 Å². The summed E-state index contributed by atoms with van der Waals surface area (Å²) < 4.78 is 6.15. The average Bonchev–Trinajstić information content (AvgIpc) is 2.34. The summed E-state index contributed by atoms with van der Waals surface area (Å²) in [6.45, 7) is 1.77. The minimum absolute atomic E-state index is 0.123. The molecule has 0 saturated heterocycles. The molecule has 1 aromatic carbocycles. The van der Waals surface area contributed by atoms with Crippen LogP contribution < -0.4 is 10.5 Å². The van der Waals surface area contributed by atoms with E-state index in [1.54, 1.807) is 31.2 Å². The zero-order chi connectivity index (χ0) is 13.1. The Bertz CT molecular complexity index is 636. The predicted octanol–water partition coefficient (Wildman–Crippen LogP) is 2.79. The largest absolute Gasteiger partial charge is 0.423 e. The van der Waals surface area contributed by atoms with Gasteiger partial charge in [-0.25, -0.2) is 4.98 Å². The van der Waals surface area contributed by atoms with Gasteiger partial charge in [-0.15, -0.1) is 0 Å². The van der Waals surface area contributed by atoms with Crippen molar-refractivity contribution in [1.29, 1.82) is 5.26 Å². The number of nitriles is 1. The van der Waals surface area contributed by atoms with Crippen LogP contribution in [0.25, 0.3) is 0 Å². The molecule has 1 aromatic heterocycles.